The lowest BCUT2D eigenvalue weighted by Crippen LogP contribution is -2.50. The van der Waals surface area contributed by atoms with Crippen LogP contribution < -0.4 is 5.32 Å². The van der Waals surface area contributed by atoms with Crippen molar-refractivity contribution in [2.24, 2.45) is 0 Å². The Hall–Kier alpha value is -1.10. The lowest BCUT2D eigenvalue weighted by atomic mass is 10.1. The molecule has 2 fully saturated rings. The summed E-state index contributed by atoms with van der Waals surface area (Å²) >= 11 is 6.10. The number of carbonyl (C=O) groups is 1. The molecule has 2 heterocycles. The molecule has 0 unspecified atom stereocenters. The van der Waals surface area contributed by atoms with Gasteiger partial charge in [-0.1, -0.05) is 29.8 Å². The van der Waals surface area contributed by atoms with Gasteiger partial charge in [-0.15, -0.1) is 0 Å². The van der Waals surface area contributed by atoms with Crippen LogP contribution in [0.15, 0.2) is 24.3 Å². The van der Waals surface area contributed by atoms with E-state index in [1.807, 2.05) is 24.3 Å². The minimum atomic E-state index is 0.0165. The molecule has 1 N–H and O–H groups in total. The monoisotopic (exact) mass is 308 g/mol. The second-order valence-corrected chi connectivity index (χ2v) is 6.20. The van der Waals surface area contributed by atoms with E-state index in [1.165, 1.54) is 12.8 Å². The Kier molecular flexibility index (Phi) is 4.78. The largest absolute Gasteiger partial charge is 0.378 e. The minimum absolute atomic E-state index is 0.0165. The Bertz CT molecular complexity index is 503. The molecule has 4 nitrogen and oxygen atoms in total. The molecular weight excluding hydrogens is 288 g/mol. The number of benzene rings is 1. The van der Waals surface area contributed by atoms with E-state index in [1.54, 1.807) is 0 Å². The molecule has 2 atom stereocenters. The van der Waals surface area contributed by atoms with Crippen molar-refractivity contribution >= 4 is 17.5 Å². The molecule has 1 aromatic rings. The van der Waals surface area contributed by atoms with Gasteiger partial charge in [0.15, 0.2) is 0 Å². The van der Waals surface area contributed by atoms with Crippen LogP contribution in [-0.2, 0) is 16.0 Å². The van der Waals surface area contributed by atoms with Crippen LogP contribution in [0.4, 0.5) is 0 Å². The van der Waals surface area contributed by atoms with E-state index in [9.17, 15) is 4.79 Å². The molecule has 0 bridgehead atoms. The third kappa shape index (κ3) is 3.57. The van der Waals surface area contributed by atoms with Crippen LogP contribution in [-0.4, -0.2) is 49.2 Å². The van der Waals surface area contributed by atoms with E-state index in [4.69, 9.17) is 16.3 Å². The smallest absolute Gasteiger partial charge is 0.224 e. The summed E-state index contributed by atoms with van der Waals surface area (Å²) in [5, 5.41) is 3.76. The number of hydrogen-bond acceptors (Lipinski definition) is 3. The second kappa shape index (κ2) is 6.77. The topological polar surface area (TPSA) is 41.6 Å². The average Bonchev–Trinajstić information content (AvgIpc) is 3.11. The van der Waals surface area contributed by atoms with Gasteiger partial charge in [-0.05, 0) is 37.6 Å². The molecule has 2 saturated heterocycles. The molecule has 2 aliphatic rings. The van der Waals surface area contributed by atoms with Gasteiger partial charge in [0.05, 0.1) is 31.7 Å². The van der Waals surface area contributed by atoms with Crippen LogP contribution in [0.5, 0.6) is 0 Å². The fourth-order valence-corrected chi connectivity index (χ4v) is 3.39. The molecule has 21 heavy (non-hydrogen) atoms. The Labute approximate surface area is 130 Å². The van der Waals surface area contributed by atoms with Gasteiger partial charge in [-0.25, -0.2) is 0 Å². The van der Waals surface area contributed by atoms with Gasteiger partial charge in [0, 0.05) is 5.02 Å². The molecule has 3 rings (SSSR count). The summed E-state index contributed by atoms with van der Waals surface area (Å²) in [4.78, 5) is 14.7. The fourth-order valence-electron chi connectivity index (χ4n) is 3.19. The lowest BCUT2D eigenvalue weighted by Gasteiger charge is -2.28. The fraction of sp³-hybridized carbons (Fsp3) is 0.562. The zero-order valence-corrected chi connectivity index (χ0v) is 12.8. The normalized spacial score (nSPS) is 26.1. The van der Waals surface area contributed by atoms with Crippen molar-refractivity contribution in [3.05, 3.63) is 34.9 Å². The third-order valence-corrected chi connectivity index (χ3v) is 4.68. The molecule has 0 saturated carbocycles. The number of nitrogens with zero attached hydrogens (tertiary/aromatic N) is 1. The number of halogens is 1. The molecular formula is C16H21ClN2O2. The van der Waals surface area contributed by atoms with Crippen LogP contribution in [0.25, 0.3) is 0 Å². The van der Waals surface area contributed by atoms with Crippen molar-refractivity contribution in [2.75, 3.05) is 26.3 Å². The van der Waals surface area contributed by atoms with Gasteiger partial charge in [0.1, 0.15) is 0 Å². The summed E-state index contributed by atoms with van der Waals surface area (Å²) in [5.74, 6) is 0.0165. The van der Waals surface area contributed by atoms with Gasteiger partial charge in [0.2, 0.25) is 5.91 Å². The zero-order valence-electron chi connectivity index (χ0n) is 12.1. The lowest BCUT2D eigenvalue weighted by molar-refractivity contribution is -0.121. The van der Waals surface area contributed by atoms with Crippen molar-refractivity contribution in [3.8, 4) is 0 Å². The first kappa shape index (κ1) is 14.8. The Morgan fingerprint density at radius 2 is 2.05 bits per heavy atom. The number of rotatable bonds is 4. The average molecular weight is 309 g/mol. The summed E-state index contributed by atoms with van der Waals surface area (Å²) in [5.41, 5.74) is 0.869. The first-order valence-corrected chi connectivity index (χ1v) is 7.96. The van der Waals surface area contributed by atoms with E-state index in [-0.39, 0.29) is 11.9 Å². The van der Waals surface area contributed by atoms with Gasteiger partial charge in [-0.2, -0.15) is 0 Å². The molecule has 0 aliphatic carbocycles. The van der Waals surface area contributed by atoms with E-state index < -0.39 is 0 Å². The maximum Gasteiger partial charge on any atom is 0.224 e. The quantitative estimate of drug-likeness (QED) is 0.923. The molecule has 2 aliphatic heterocycles. The molecule has 0 aromatic heterocycles. The van der Waals surface area contributed by atoms with Gasteiger partial charge >= 0.3 is 0 Å². The highest BCUT2D eigenvalue weighted by Gasteiger charge is 2.35. The third-order valence-electron chi connectivity index (χ3n) is 4.32. The van der Waals surface area contributed by atoms with Crippen LogP contribution in [0.2, 0.25) is 5.02 Å². The maximum absolute atomic E-state index is 12.2. The first-order chi connectivity index (χ1) is 10.2. The molecule has 0 radical (unpaired) electrons. The highest BCUT2D eigenvalue weighted by molar-refractivity contribution is 6.31. The van der Waals surface area contributed by atoms with Gasteiger partial charge in [-0.3, -0.25) is 9.69 Å². The minimum Gasteiger partial charge on any atom is -0.378 e. The Morgan fingerprint density at radius 1 is 1.29 bits per heavy atom. The predicted octanol–water partition coefficient (Wildman–Crippen LogP) is 1.86. The number of ether oxygens (including phenoxy) is 1. The van der Waals surface area contributed by atoms with Crippen molar-refractivity contribution < 1.29 is 9.53 Å². The van der Waals surface area contributed by atoms with Crippen molar-refractivity contribution in [2.45, 2.75) is 31.3 Å². The standard InChI is InChI=1S/C16H21ClN2O2/c17-13-6-2-1-5-12(13)9-16(20)18-14-10-21-11-15(14)19-7-3-4-8-19/h1-2,5-6,14-15H,3-4,7-11H2,(H,18,20)/t14-,15-/m0/s1. The van der Waals surface area contributed by atoms with Crippen LogP contribution >= 0.6 is 11.6 Å². The van der Waals surface area contributed by atoms with Gasteiger partial charge < -0.3 is 10.1 Å². The maximum atomic E-state index is 12.2. The summed E-state index contributed by atoms with van der Waals surface area (Å²) in [7, 11) is 0. The first-order valence-electron chi connectivity index (χ1n) is 7.58. The Morgan fingerprint density at radius 3 is 2.81 bits per heavy atom. The molecule has 1 amide bonds. The summed E-state index contributed by atoms with van der Waals surface area (Å²) < 4.78 is 5.57. The molecule has 114 valence electrons. The zero-order chi connectivity index (χ0) is 14.7. The van der Waals surface area contributed by atoms with Crippen LogP contribution in [0, 0.1) is 0 Å². The highest BCUT2D eigenvalue weighted by atomic mass is 35.5. The SMILES string of the molecule is O=C(Cc1ccccc1Cl)N[C@H]1COC[C@@H]1N1CCCC1. The summed E-state index contributed by atoms with van der Waals surface area (Å²) in [6.07, 6.45) is 2.82. The van der Waals surface area contributed by atoms with Crippen molar-refractivity contribution in [3.63, 3.8) is 0 Å². The van der Waals surface area contributed by atoms with E-state index >= 15 is 0 Å². The number of nitrogens with one attached hydrogen (secondary N) is 1. The van der Waals surface area contributed by atoms with Gasteiger partial charge in [0.25, 0.3) is 0 Å². The van der Waals surface area contributed by atoms with Crippen LogP contribution in [0.1, 0.15) is 18.4 Å². The number of carbonyl (C=O) groups excluding carboxylic acids is 1. The summed E-state index contributed by atoms with van der Waals surface area (Å²) in [6, 6.07) is 7.90. The number of likely N-dealkylation sites (tertiary alicyclic amines) is 1. The van der Waals surface area contributed by atoms with Crippen molar-refractivity contribution in [1.29, 1.82) is 0 Å². The van der Waals surface area contributed by atoms with E-state index in [2.05, 4.69) is 10.2 Å². The van der Waals surface area contributed by atoms with Crippen molar-refractivity contribution in [1.82, 2.24) is 10.2 Å². The number of hydrogen-bond donors (Lipinski definition) is 1. The molecule has 0 spiro atoms. The van der Waals surface area contributed by atoms with Crippen LogP contribution in [0.3, 0.4) is 0 Å². The highest BCUT2D eigenvalue weighted by Crippen LogP contribution is 2.20. The summed E-state index contributed by atoms with van der Waals surface area (Å²) in [6.45, 7) is 3.56. The predicted molar refractivity (Wildman–Crippen MR) is 82.5 cm³/mol. The molecule has 1 aromatic carbocycles. The van der Waals surface area contributed by atoms with E-state index in [0.29, 0.717) is 24.1 Å². The second-order valence-electron chi connectivity index (χ2n) is 5.79. The number of amides is 1. The van der Waals surface area contributed by atoms with E-state index in [0.717, 1.165) is 25.3 Å². The molecule has 5 heteroatoms. The Balaban J connectivity index is 1.57.